The average Bonchev–Trinajstić information content (AvgIpc) is 3.03. The monoisotopic (exact) mass is 442 g/mol. The molecule has 0 saturated carbocycles. The summed E-state index contributed by atoms with van der Waals surface area (Å²) in [7, 11) is 0. The van der Waals surface area contributed by atoms with Crippen LogP contribution in [0.4, 0.5) is 0 Å². The van der Waals surface area contributed by atoms with Gasteiger partial charge in [0.25, 0.3) is 0 Å². The first-order valence-electron chi connectivity index (χ1n) is 10.9. The smallest absolute Gasteiger partial charge is 0.340 e. The summed E-state index contributed by atoms with van der Waals surface area (Å²) in [6, 6.07) is 0. The molecule has 1 atom stereocenters. The standard InChI is InChI=1S/C25H34N2O3S/c1-8-29-23(28)21(30-24(3,4)5)19-16(2)31-22(18-13-26-15-27-14-18)20(19)17-9-11-25(6,7)12-10-17/h9,13-15,21H,8,10-12H2,1-7H3. The van der Waals surface area contributed by atoms with E-state index in [2.05, 4.69) is 36.8 Å². The summed E-state index contributed by atoms with van der Waals surface area (Å²) < 4.78 is 11.8. The lowest BCUT2D eigenvalue weighted by Crippen LogP contribution is -2.29. The van der Waals surface area contributed by atoms with Crippen molar-refractivity contribution in [3.63, 3.8) is 0 Å². The Morgan fingerprint density at radius 2 is 1.94 bits per heavy atom. The quantitative estimate of drug-likeness (QED) is 0.476. The Labute approximate surface area is 189 Å². The first-order valence-corrected chi connectivity index (χ1v) is 11.8. The number of carbonyl (C=O) groups is 1. The molecule has 0 amide bonds. The molecule has 0 aromatic carbocycles. The molecule has 0 spiro atoms. The molecule has 0 radical (unpaired) electrons. The fraction of sp³-hybridized carbons (Fsp3) is 0.560. The largest absolute Gasteiger partial charge is 0.464 e. The second-order valence-electron chi connectivity index (χ2n) is 9.86. The number of hydrogen-bond acceptors (Lipinski definition) is 6. The van der Waals surface area contributed by atoms with Crippen LogP contribution in [-0.4, -0.2) is 28.1 Å². The van der Waals surface area contributed by atoms with Gasteiger partial charge in [0.05, 0.1) is 12.2 Å². The molecule has 1 aliphatic rings. The lowest BCUT2D eigenvalue weighted by Gasteiger charge is -2.31. The molecule has 0 fully saturated rings. The molecule has 0 bridgehead atoms. The van der Waals surface area contributed by atoms with E-state index in [1.807, 2.05) is 40.1 Å². The maximum absolute atomic E-state index is 13.1. The van der Waals surface area contributed by atoms with E-state index in [4.69, 9.17) is 9.47 Å². The van der Waals surface area contributed by atoms with Gasteiger partial charge in [-0.05, 0) is 64.9 Å². The van der Waals surface area contributed by atoms with E-state index in [1.165, 1.54) is 11.9 Å². The van der Waals surface area contributed by atoms with Crippen LogP contribution in [0, 0.1) is 12.3 Å². The Morgan fingerprint density at radius 3 is 2.48 bits per heavy atom. The van der Waals surface area contributed by atoms with Gasteiger partial charge < -0.3 is 9.47 Å². The molecule has 31 heavy (non-hydrogen) atoms. The van der Waals surface area contributed by atoms with E-state index in [-0.39, 0.29) is 11.4 Å². The molecule has 0 aliphatic heterocycles. The second-order valence-corrected chi connectivity index (χ2v) is 11.1. The number of aryl methyl sites for hydroxylation is 1. The van der Waals surface area contributed by atoms with Crippen molar-refractivity contribution in [1.29, 1.82) is 0 Å². The van der Waals surface area contributed by atoms with Crippen LogP contribution < -0.4 is 0 Å². The maximum atomic E-state index is 13.1. The predicted octanol–water partition coefficient (Wildman–Crippen LogP) is 6.53. The van der Waals surface area contributed by atoms with Gasteiger partial charge >= 0.3 is 5.97 Å². The number of hydrogen-bond donors (Lipinski definition) is 0. The summed E-state index contributed by atoms with van der Waals surface area (Å²) >= 11 is 1.67. The van der Waals surface area contributed by atoms with Crippen molar-refractivity contribution in [2.45, 2.75) is 79.4 Å². The van der Waals surface area contributed by atoms with Crippen molar-refractivity contribution in [2.24, 2.45) is 5.41 Å². The Bertz CT molecular complexity index is 955. The zero-order valence-corrected chi connectivity index (χ0v) is 20.6. The van der Waals surface area contributed by atoms with Crippen LogP contribution in [0.15, 0.2) is 24.8 Å². The normalized spacial score (nSPS) is 17.2. The highest BCUT2D eigenvalue weighted by Crippen LogP contribution is 2.48. The van der Waals surface area contributed by atoms with Crippen LogP contribution >= 0.6 is 11.3 Å². The van der Waals surface area contributed by atoms with Gasteiger partial charge in [-0.1, -0.05) is 19.9 Å². The maximum Gasteiger partial charge on any atom is 0.340 e. The van der Waals surface area contributed by atoms with Gasteiger partial charge in [-0.2, -0.15) is 0 Å². The van der Waals surface area contributed by atoms with Gasteiger partial charge in [0.15, 0.2) is 6.10 Å². The van der Waals surface area contributed by atoms with Gasteiger partial charge in [0.2, 0.25) is 0 Å². The topological polar surface area (TPSA) is 61.3 Å². The van der Waals surface area contributed by atoms with E-state index in [1.54, 1.807) is 11.3 Å². The number of carbonyl (C=O) groups excluding carboxylic acids is 1. The third-order valence-electron chi connectivity index (χ3n) is 5.48. The number of esters is 1. The van der Waals surface area contributed by atoms with Crippen molar-refractivity contribution in [3.8, 4) is 10.4 Å². The van der Waals surface area contributed by atoms with Crippen LogP contribution in [0.1, 0.15) is 82.9 Å². The Morgan fingerprint density at radius 1 is 1.26 bits per heavy atom. The molecule has 5 nitrogen and oxygen atoms in total. The van der Waals surface area contributed by atoms with Crippen LogP contribution in [0.2, 0.25) is 0 Å². The van der Waals surface area contributed by atoms with E-state index in [0.29, 0.717) is 6.61 Å². The average molecular weight is 443 g/mol. The fourth-order valence-electron chi connectivity index (χ4n) is 3.91. The highest BCUT2D eigenvalue weighted by molar-refractivity contribution is 7.16. The Kier molecular flexibility index (Phi) is 7.01. The summed E-state index contributed by atoms with van der Waals surface area (Å²) in [5.41, 5.74) is 4.03. The highest BCUT2D eigenvalue weighted by Gasteiger charge is 2.36. The number of ether oxygens (including phenoxy) is 2. The van der Waals surface area contributed by atoms with Crippen molar-refractivity contribution in [1.82, 2.24) is 9.97 Å². The van der Waals surface area contributed by atoms with E-state index >= 15 is 0 Å². The van der Waals surface area contributed by atoms with Gasteiger partial charge in [0.1, 0.15) is 6.33 Å². The lowest BCUT2D eigenvalue weighted by atomic mass is 9.76. The Hall–Kier alpha value is -2.05. The van der Waals surface area contributed by atoms with Crippen LogP contribution in [0.25, 0.3) is 16.0 Å². The molecule has 0 saturated heterocycles. The molecule has 0 N–H and O–H groups in total. The van der Waals surface area contributed by atoms with Gasteiger partial charge in [-0.3, -0.25) is 0 Å². The van der Waals surface area contributed by atoms with Crippen molar-refractivity contribution < 1.29 is 14.3 Å². The van der Waals surface area contributed by atoms with Crippen LogP contribution in [-0.2, 0) is 14.3 Å². The lowest BCUT2D eigenvalue weighted by molar-refractivity contribution is -0.166. The summed E-state index contributed by atoms with van der Waals surface area (Å²) in [5, 5.41) is 0. The highest BCUT2D eigenvalue weighted by atomic mass is 32.1. The third-order valence-corrected chi connectivity index (χ3v) is 6.65. The van der Waals surface area contributed by atoms with Gasteiger partial charge in [-0.15, -0.1) is 11.3 Å². The van der Waals surface area contributed by atoms with E-state index in [0.717, 1.165) is 45.7 Å². The SMILES string of the molecule is CCOC(=O)C(OC(C)(C)C)c1c(C)sc(-c2cncnc2)c1C1=CCC(C)(C)CC1. The number of aromatic nitrogens is 2. The molecule has 168 valence electrons. The molecule has 2 aromatic heterocycles. The van der Waals surface area contributed by atoms with Crippen LogP contribution in [0.3, 0.4) is 0 Å². The summed E-state index contributed by atoms with van der Waals surface area (Å²) in [6.45, 7) is 14.7. The van der Waals surface area contributed by atoms with Gasteiger partial charge in [-0.25, -0.2) is 14.8 Å². The molecule has 1 unspecified atom stereocenters. The van der Waals surface area contributed by atoms with E-state index < -0.39 is 11.7 Å². The van der Waals surface area contributed by atoms with Crippen molar-refractivity contribution >= 4 is 22.9 Å². The minimum absolute atomic E-state index is 0.285. The summed E-state index contributed by atoms with van der Waals surface area (Å²) in [4.78, 5) is 23.7. The molecule has 3 rings (SSSR count). The first-order chi connectivity index (χ1) is 14.5. The Balaban J connectivity index is 2.22. The summed E-state index contributed by atoms with van der Waals surface area (Å²) in [6.07, 6.45) is 9.83. The molecule has 6 heteroatoms. The number of thiophene rings is 1. The van der Waals surface area contributed by atoms with Gasteiger partial charge in [0, 0.05) is 38.8 Å². The minimum atomic E-state index is -0.777. The fourth-order valence-corrected chi connectivity index (χ4v) is 5.10. The summed E-state index contributed by atoms with van der Waals surface area (Å²) in [5.74, 6) is -0.341. The number of nitrogens with zero attached hydrogens (tertiary/aromatic N) is 2. The zero-order chi connectivity index (χ0) is 22.8. The third kappa shape index (κ3) is 5.60. The molecule has 2 heterocycles. The minimum Gasteiger partial charge on any atom is -0.464 e. The zero-order valence-electron chi connectivity index (χ0n) is 19.7. The first kappa shape index (κ1) is 23.6. The van der Waals surface area contributed by atoms with Crippen molar-refractivity contribution in [2.75, 3.05) is 6.61 Å². The van der Waals surface area contributed by atoms with E-state index in [9.17, 15) is 4.79 Å². The van der Waals surface area contributed by atoms with Crippen molar-refractivity contribution in [3.05, 3.63) is 40.8 Å². The molecule has 1 aliphatic carbocycles. The molecular formula is C25H34N2O3S. The second kappa shape index (κ2) is 9.21. The molecular weight excluding hydrogens is 408 g/mol. The number of allylic oxidation sites excluding steroid dienone is 2. The predicted molar refractivity (Wildman–Crippen MR) is 126 cm³/mol. The van der Waals surface area contributed by atoms with Crippen LogP contribution in [0.5, 0.6) is 0 Å². The number of rotatable bonds is 6. The molecule has 2 aromatic rings.